The summed E-state index contributed by atoms with van der Waals surface area (Å²) < 4.78 is 33.9. The van der Waals surface area contributed by atoms with E-state index in [9.17, 15) is 76.0 Å². The van der Waals surface area contributed by atoms with Crippen LogP contribution < -0.4 is 19.6 Å². The van der Waals surface area contributed by atoms with E-state index in [-0.39, 0.29) is 52.4 Å². The number of carbonyl (C=O) groups excluding carboxylic acids is 1. The maximum Gasteiger partial charge on any atom is 0.229 e. The first kappa shape index (κ1) is 44.8. The molecule has 0 amide bonds. The van der Waals surface area contributed by atoms with Crippen molar-refractivity contribution >= 4 is 16.8 Å². The molecule has 7 rings (SSSR count). The Hall–Kier alpha value is -6.24. The van der Waals surface area contributed by atoms with Gasteiger partial charge in [-0.15, -0.1) is 0 Å². The monoisotopic (exact) mass is 882 g/mol. The zero-order chi connectivity index (χ0) is 45.4. The van der Waals surface area contributed by atoms with E-state index < -0.39 is 126 Å². The number of aryl methyl sites for hydroxylation is 1. The Labute approximate surface area is 354 Å². The van der Waals surface area contributed by atoms with Crippen LogP contribution in [-0.2, 0) is 15.9 Å². The lowest BCUT2D eigenvalue weighted by molar-refractivity contribution is -0.277. The van der Waals surface area contributed by atoms with E-state index in [1.807, 2.05) is 0 Å². The van der Waals surface area contributed by atoms with Gasteiger partial charge in [0.15, 0.2) is 22.7 Å². The standard InChI is InChI=1S/C42H42O21/c43-14-31-35(52)37(54)39(56)41(62-31)60-28-8-17(45)7-24(50)33(28)21(47)6-3-16-1-4-19(5-2-16)58-26-12-23(49)22(48)11-20(26)27-13-25(51)34-29(59-27)9-18(46)10-30(34)61-42-40(57)38(55)36(53)32(15-44)63-42/h1-2,4-5,7-13,31-32,35-46,48-50,52-57H,3,6,14-15H2. The van der Waals surface area contributed by atoms with Gasteiger partial charge >= 0.3 is 0 Å². The zero-order valence-electron chi connectivity index (χ0n) is 32.5. The van der Waals surface area contributed by atoms with Crippen molar-refractivity contribution in [3.63, 3.8) is 0 Å². The molecule has 21 nitrogen and oxygen atoms in total. The quantitative estimate of drug-likeness (QED) is 0.0545. The van der Waals surface area contributed by atoms with E-state index in [2.05, 4.69) is 0 Å². The molecule has 2 saturated heterocycles. The lowest BCUT2D eigenvalue weighted by Crippen LogP contribution is -2.60. The van der Waals surface area contributed by atoms with Gasteiger partial charge in [0.05, 0.1) is 18.8 Å². The van der Waals surface area contributed by atoms with Crippen molar-refractivity contribution in [2.75, 3.05) is 13.2 Å². The smallest absolute Gasteiger partial charge is 0.229 e. The highest BCUT2D eigenvalue weighted by atomic mass is 16.7. The van der Waals surface area contributed by atoms with Gasteiger partial charge in [-0.05, 0) is 30.2 Å². The van der Waals surface area contributed by atoms with Gasteiger partial charge in [0.2, 0.25) is 12.6 Å². The lowest BCUT2D eigenvalue weighted by Gasteiger charge is -2.39. The van der Waals surface area contributed by atoms with Crippen molar-refractivity contribution in [2.24, 2.45) is 0 Å². The van der Waals surface area contributed by atoms with Crippen LogP contribution in [0.5, 0.6) is 51.7 Å². The largest absolute Gasteiger partial charge is 0.508 e. The average Bonchev–Trinajstić information content (AvgIpc) is 3.24. The average molecular weight is 883 g/mol. The van der Waals surface area contributed by atoms with Crippen molar-refractivity contribution in [2.45, 2.75) is 74.3 Å². The van der Waals surface area contributed by atoms with E-state index in [0.29, 0.717) is 5.56 Å². The normalized spacial score (nSPS) is 26.0. The molecule has 5 aromatic rings. The van der Waals surface area contributed by atoms with Crippen LogP contribution in [0, 0.1) is 0 Å². The van der Waals surface area contributed by atoms with Crippen LogP contribution in [0.3, 0.4) is 0 Å². The van der Waals surface area contributed by atoms with Crippen molar-refractivity contribution in [1.29, 1.82) is 0 Å². The molecule has 0 saturated carbocycles. The Balaban J connectivity index is 1.09. The van der Waals surface area contributed by atoms with E-state index in [1.165, 1.54) is 12.1 Å². The minimum atomic E-state index is -1.85. The number of carbonyl (C=O) groups is 1. The molecule has 1 aromatic heterocycles. The molecular weight excluding hydrogens is 840 g/mol. The van der Waals surface area contributed by atoms with E-state index in [0.717, 1.165) is 42.5 Å². The first-order valence-electron chi connectivity index (χ1n) is 19.1. The van der Waals surface area contributed by atoms with Crippen molar-refractivity contribution in [3.8, 4) is 63.1 Å². The number of benzene rings is 4. The molecule has 2 aliphatic heterocycles. The summed E-state index contributed by atoms with van der Waals surface area (Å²) in [7, 11) is 0. The molecule has 0 bridgehead atoms. The van der Waals surface area contributed by atoms with E-state index in [1.54, 1.807) is 12.1 Å². The first-order chi connectivity index (χ1) is 30.0. The zero-order valence-corrected chi connectivity index (χ0v) is 32.5. The van der Waals surface area contributed by atoms with Gasteiger partial charge in [0.25, 0.3) is 0 Å². The number of fused-ring (bicyclic) bond motifs is 1. The minimum absolute atomic E-state index is 0.0471. The van der Waals surface area contributed by atoms with Crippen LogP contribution in [0.2, 0.25) is 0 Å². The number of ether oxygens (including phenoxy) is 5. The second-order valence-corrected chi connectivity index (χ2v) is 14.8. The molecule has 2 fully saturated rings. The van der Waals surface area contributed by atoms with Crippen LogP contribution in [0.15, 0.2) is 75.9 Å². The summed E-state index contributed by atoms with van der Waals surface area (Å²) in [6.07, 6.45) is -16.9. The van der Waals surface area contributed by atoms with Crippen molar-refractivity contribution < 1.29 is 99.3 Å². The number of Topliss-reactive ketones (excluding diaryl/α,β-unsaturated/α-hetero) is 1. The number of phenols is 5. The molecule has 2 aliphatic rings. The molecule has 0 radical (unpaired) electrons. The molecule has 0 aliphatic carbocycles. The van der Waals surface area contributed by atoms with Gasteiger partial charge in [0.1, 0.15) is 111 Å². The highest BCUT2D eigenvalue weighted by Gasteiger charge is 2.46. The second-order valence-electron chi connectivity index (χ2n) is 14.8. The number of aromatic hydroxyl groups is 5. The predicted molar refractivity (Wildman–Crippen MR) is 211 cm³/mol. The Morgan fingerprint density at radius 2 is 1.16 bits per heavy atom. The maximum atomic E-state index is 13.6. The Kier molecular flexibility index (Phi) is 13.0. The molecule has 3 heterocycles. The molecule has 336 valence electrons. The lowest BCUT2D eigenvalue weighted by atomic mass is 9.99. The van der Waals surface area contributed by atoms with Crippen LogP contribution in [0.1, 0.15) is 22.3 Å². The molecule has 63 heavy (non-hydrogen) atoms. The fraction of sp³-hybridized carbons (Fsp3) is 0.333. The topological polar surface area (TPSA) is 356 Å². The number of ketones is 1. The summed E-state index contributed by atoms with van der Waals surface area (Å²) >= 11 is 0. The van der Waals surface area contributed by atoms with E-state index >= 15 is 0 Å². The Bertz CT molecular complexity index is 2520. The van der Waals surface area contributed by atoms with Crippen molar-refractivity contribution in [3.05, 3.63) is 88.1 Å². The van der Waals surface area contributed by atoms with Gasteiger partial charge in [-0.2, -0.15) is 0 Å². The summed E-state index contributed by atoms with van der Waals surface area (Å²) in [4.78, 5) is 27.1. The number of hydrogen-bond donors (Lipinski definition) is 13. The number of aliphatic hydroxyl groups is 8. The minimum Gasteiger partial charge on any atom is -0.508 e. The van der Waals surface area contributed by atoms with Crippen molar-refractivity contribution in [1.82, 2.24) is 0 Å². The van der Waals surface area contributed by atoms with Gasteiger partial charge in [-0.25, -0.2) is 0 Å². The summed E-state index contributed by atoms with van der Waals surface area (Å²) in [5, 5.41) is 132. The Morgan fingerprint density at radius 3 is 1.76 bits per heavy atom. The van der Waals surface area contributed by atoms with Crippen LogP contribution in [-0.4, -0.2) is 147 Å². The first-order valence-corrected chi connectivity index (χ1v) is 19.1. The number of rotatable bonds is 13. The molecule has 10 atom stereocenters. The second kappa shape index (κ2) is 18.2. The highest BCUT2D eigenvalue weighted by Crippen LogP contribution is 2.43. The summed E-state index contributed by atoms with van der Waals surface area (Å²) in [6.45, 7) is -1.50. The molecule has 0 spiro atoms. The van der Waals surface area contributed by atoms with Gasteiger partial charge in [-0.1, -0.05) is 12.1 Å². The van der Waals surface area contributed by atoms with Crippen LogP contribution in [0.4, 0.5) is 0 Å². The molecule has 21 heteroatoms. The summed E-state index contributed by atoms with van der Waals surface area (Å²) in [5.74, 6) is -4.51. The third-order valence-corrected chi connectivity index (χ3v) is 10.4. The number of aliphatic hydroxyl groups excluding tert-OH is 8. The Morgan fingerprint density at radius 1 is 0.603 bits per heavy atom. The summed E-state index contributed by atoms with van der Waals surface area (Å²) in [5.41, 5.74) is -0.882. The predicted octanol–water partition coefficient (Wildman–Crippen LogP) is -0.0468. The molecule has 10 unspecified atom stereocenters. The molecule has 4 aromatic carbocycles. The third kappa shape index (κ3) is 9.14. The SMILES string of the molecule is O=C(CCc1ccc(Oc2cc(O)c(O)cc2-c2cc(=O)c3c(OC4OC(CO)C(O)C(O)C4O)cc(O)cc3o2)cc1)c1c(O)cc(O)cc1OC1OC(CO)C(O)C(O)C1O. The highest BCUT2D eigenvalue weighted by molar-refractivity contribution is 6.01. The maximum absolute atomic E-state index is 13.6. The molecule has 13 N–H and O–H groups in total. The number of hydrogen-bond acceptors (Lipinski definition) is 21. The summed E-state index contributed by atoms with van der Waals surface area (Å²) in [6, 6.07) is 13.2. The van der Waals surface area contributed by atoms with E-state index in [4.69, 9.17) is 28.1 Å². The van der Waals surface area contributed by atoms with Crippen LogP contribution in [0.25, 0.3) is 22.3 Å². The molecular formula is C42H42O21. The van der Waals surface area contributed by atoms with Gasteiger partial charge in [0, 0.05) is 42.8 Å². The third-order valence-electron chi connectivity index (χ3n) is 10.4. The fourth-order valence-corrected chi connectivity index (χ4v) is 7.07. The number of phenolic OH excluding ortho intramolecular Hbond substituents is 5. The van der Waals surface area contributed by atoms with Crippen LogP contribution >= 0.6 is 0 Å². The van der Waals surface area contributed by atoms with Gasteiger partial charge in [-0.3, -0.25) is 9.59 Å². The van der Waals surface area contributed by atoms with Gasteiger partial charge < -0.3 is 94.5 Å². The fourth-order valence-electron chi connectivity index (χ4n) is 7.07.